The van der Waals surface area contributed by atoms with E-state index in [2.05, 4.69) is 4.98 Å². The van der Waals surface area contributed by atoms with Crippen molar-refractivity contribution in [3.63, 3.8) is 0 Å². The zero-order valence-electron chi connectivity index (χ0n) is 10.7. The molecule has 20 heavy (non-hydrogen) atoms. The maximum Gasteiger partial charge on any atom is 0.149 e. The quantitative estimate of drug-likeness (QED) is 0.460. The fraction of sp³-hybridized carbons (Fsp3) is 0.0625. The van der Waals surface area contributed by atoms with Gasteiger partial charge in [0.25, 0.3) is 0 Å². The second kappa shape index (κ2) is 3.93. The third kappa shape index (κ3) is 1.36. The van der Waals surface area contributed by atoms with Crippen LogP contribution in [0.25, 0.3) is 33.2 Å². The smallest absolute Gasteiger partial charge is 0.149 e. The van der Waals surface area contributed by atoms with Crippen molar-refractivity contribution in [2.24, 2.45) is 7.05 Å². The number of pyridine rings is 1. The van der Waals surface area contributed by atoms with Crippen LogP contribution in [0.5, 0.6) is 0 Å². The normalized spacial score (nSPS) is 11.8. The Balaban J connectivity index is 2.35. The number of benzene rings is 2. The van der Waals surface area contributed by atoms with Crippen LogP contribution in [-0.4, -0.2) is 9.55 Å². The lowest BCUT2D eigenvalue weighted by Crippen LogP contribution is -1.99. The minimum atomic E-state index is -0.321. The molecule has 2 aliphatic rings. The molecule has 0 saturated carbocycles. The topological polar surface area (TPSA) is 17.8 Å². The fourth-order valence-electron chi connectivity index (χ4n) is 2.80. The van der Waals surface area contributed by atoms with Gasteiger partial charge >= 0.3 is 0 Å². The third-order valence-corrected chi connectivity index (χ3v) is 4.12. The molecule has 2 heterocycles. The summed E-state index contributed by atoms with van der Waals surface area (Å²) in [5.41, 5.74) is 2.88. The van der Waals surface area contributed by atoms with Gasteiger partial charge in [-0.2, -0.15) is 0 Å². The Bertz CT molecular complexity index is 942. The minimum Gasteiger partial charge on any atom is -0.342 e. The lowest BCUT2D eigenvalue weighted by atomic mass is 10.1. The number of aryl methyl sites for hydroxylation is 1. The van der Waals surface area contributed by atoms with Crippen molar-refractivity contribution >= 4 is 33.4 Å². The highest BCUT2D eigenvalue weighted by Gasteiger charge is 2.22. The van der Waals surface area contributed by atoms with E-state index < -0.39 is 0 Å². The van der Waals surface area contributed by atoms with Gasteiger partial charge < -0.3 is 4.57 Å². The first-order valence-corrected chi connectivity index (χ1v) is 6.67. The zero-order chi connectivity index (χ0) is 13.9. The van der Waals surface area contributed by atoms with Crippen LogP contribution in [0.2, 0.25) is 5.02 Å². The van der Waals surface area contributed by atoms with E-state index in [0.717, 1.165) is 22.0 Å². The predicted molar refractivity (Wildman–Crippen MR) is 79.8 cm³/mol. The van der Waals surface area contributed by atoms with E-state index in [0.29, 0.717) is 16.2 Å². The van der Waals surface area contributed by atoms with Gasteiger partial charge in [0.15, 0.2) is 0 Å². The number of hydrogen-bond acceptors (Lipinski definition) is 1. The Morgan fingerprint density at radius 3 is 2.65 bits per heavy atom. The second-order valence-electron chi connectivity index (χ2n) is 4.84. The first-order valence-electron chi connectivity index (χ1n) is 6.29. The molecule has 0 unspecified atom stereocenters. The molecule has 0 N–H and O–H groups in total. The molecule has 2 aromatic carbocycles. The number of rotatable bonds is 0. The van der Waals surface area contributed by atoms with Gasteiger partial charge in [0.2, 0.25) is 0 Å². The van der Waals surface area contributed by atoms with E-state index in [4.69, 9.17) is 11.6 Å². The summed E-state index contributed by atoms with van der Waals surface area (Å²) in [7, 11) is 1.95. The highest BCUT2D eigenvalue weighted by atomic mass is 35.5. The van der Waals surface area contributed by atoms with Gasteiger partial charge in [-0.15, -0.1) is 0 Å². The molecule has 2 aromatic rings. The maximum absolute atomic E-state index is 13.9. The van der Waals surface area contributed by atoms with E-state index in [1.54, 1.807) is 6.07 Å². The molecule has 0 spiro atoms. The molecular formula is C16H10ClFN2. The van der Waals surface area contributed by atoms with Crippen molar-refractivity contribution in [2.75, 3.05) is 0 Å². The summed E-state index contributed by atoms with van der Waals surface area (Å²) in [5.74, 6) is -0.321. The van der Waals surface area contributed by atoms with Crippen molar-refractivity contribution in [1.29, 1.82) is 0 Å². The highest BCUT2D eigenvalue weighted by Crippen LogP contribution is 2.40. The number of para-hydroxylation sites is 2. The SMILES string of the molecule is Cn1c2c3cccc(F)c3nc-2c(Cl)c2ccccc21. The van der Waals surface area contributed by atoms with E-state index in [1.165, 1.54) is 6.07 Å². The van der Waals surface area contributed by atoms with Crippen molar-refractivity contribution in [1.82, 2.24) is 9.55 Å². The van der Waals surface area contributed by atoms with Gasteiger partial charge in [-0.1, -0.05) is 41.9 Å². The van der Waals surface area contributed by atoms with Gasteiger partial charge in [-0.3, -0.25) is 0 Å². The number of nitrogens with zero attached hydrogens (tertiary/aromatic N) is 2. The summed E-state index contributed by atoms with van der Waals surface area (Å²) in [6.07, 6.45) is 0. The van der Waals surface area contributed by atoms with Crippen LogP contribution in [-0.2, 0) is 7.05 Å². The maximum atomic E-state index is 13.9. The fourth-order valence-corrected chi connectivity index (χ4v) is 3.10. The molecule has 2 aliphatic heterocycles. The summed E-state index contributed by atoms with van der Waals surface area (Å²) >= 11 is 6.47. The van der Waals surface area contributed by atoms with Crippen LogP contribution in [0, 0.1) is 5.82 Å². The largest absolute Gasteiger partial charge is 0.342 e. The van der Waals surface area contributed by atoms with E-state index in [-0.39, 0.29) is 5.82 Å². The Morgan fingerprint density at radius 1 is 1.05 bits per heavy atom. The molecule has 0 aromatic heterocycles. The monoisotopic (exact) mass is 284 g/mol. The molecule has 0 atom stereocenters. The van der Waals surface area contributed by atoms with Crippen molar-refractivity contribution in [3.05, 3.63) is 53.3 Å². The second-order valence-corrected chi connectivity index (χ2v) is 5.21. The van der Waals surface area contributed by atoms with Crippen molar-refractivity contribution in [3.8, 4) is 11.4 Å². The molecule has 4 heteroatoms. The average Bonchev–Trinajstić information content (AvgIpc) is 2.86. The molecule has 0 saturated heterocycles. The van der Waals surface area contributed by atoms with Gasteiger partial charge in [0.05, 0.1) is 10.7 Å². The number of fused-ring (bicyclic) bond motifs is 4. The summed E-state index contributed by atoms with van der Waals surface area (Å²) in [5, 5.41) is 2.28. The summed E-state index contributed by atoms with van der Waals surface area (Å²) in [4.78, 5) is 4.40. The molecule has 0 amide bonds. The van der Waals surface area contributed by atoms with Crippen LogP contribution in [0.4, 0.5) is 4.39 Å². The van der Waals surface area contributed by atoms with Gasteiger partial charge in [0.1, 0.15) is 17.0 Å². The zero-order valence-corrected chi connectivity index (χ0v) is 11.4. The Labute approximate surface area is 119 Å². The Morgan fingerprint density at radius 2 is 1.80 bits per heavy atom. The first kappa shape index (κ1) is 11.7. The minimum absolute atomic E-state index is 0.321. The number of hydrogen-bond donors (Lipinski definition) is 0. The van der Waals surface area contributed by atoms with Crippen LogP contribution in [0.1, 0.15) is 0 Å². The third-order valence-electron chi connectivity index (χ3n) is 3.74. The Kier molecular flexibility index (Phi) is 2.30. The molecule has 98 valence electrons. The summed E-state index contributed by atoms with van der Waals surface area (Å²) in [6, 6.07) is 12.8. The number of halogens is 2. The first-order chi connectivity index (χ1) is 9.68. The van der Waals surface area contributed by atoms with E-state index in [9.17, 15) is 4.39 Å². The van der Waals surface area contributed by atoms with Crippen molar-refractivity contribution < 1.29 is 4.39 Å². The van der Waals surface area contributed by atoms with Crippen LogP contribution >= 0.6 is 11.6 Å². The molecule has 0 radical (unpaired) electrons. The van der Waals surface area contributed by atoms with Gasteiger partial charge in [-0.25, -0.2) is 9.37 Å². The number of aromatic nitrogens is 2. The average molecular weight is 285 g/mol. The molecular weight excluding hydrogens is 275 g/mol. The van der Waals surface area contributed by atoms with Crippen LogP contribution < -0.4 is 0 Å². The molecule has 2 nitrogen and oxygen atoms in total. The lowest BCUT2D eigenvalue weighted by Gasteiger charge is -2.14. The van der Waals surface area contributed by atoms with Gasteiger partial charge in [0, 0.05) is 23.3 Å². The molecule has 0 aliphatic carbocycles. The van der Waals surface area contributed by atoms with Gasteiger partial charge in [-0.05, 0) is 12.1 Å². The highest BCUT2D eigenvalue weighted by molar-refractivity contribution is 6.38. The molecule has 0 fully saturated rings. The van der Waals surface area contributed by atoms with E-state index in [1.807, 2.05) is 41.9 Å². The van der Waals surface area contributed by atoms with E-state index >= 15 is 0 Å². The summed E-state index contributed by atoms with van der Waals surface area (Å²) < 4.78 is 15.9. The van der Waals surface area contributed by atoms with Crippen LogP contribution in [0.3, 0.4) is 0 Å². The van der Waals surface area contributed by atoms with Crippen molar-refractivity contribution in [2.45, 2.75) is 0 Å². The standard InChI is InChI=1S/C16H10ClFN2/c1-20-12-8-3-2-5-9(12)13(17)15-16(20)10-6-4-7-11(18)14(10)19-15/h2-8H,1H3. The predicted octanol–water partition coefficient (Wildman–Crippen LogP) is 4.62. The molecule has 0 bridgehead atoms. The Hall–Kier alpha value is -2.13. The van der Waals surface area contributed by atoms with Crippen LogP contribution in [0.15, 0.2) is 42.5 Å². The molecule has 4 rings (SSSR count). The lowest BCUT2D eigenvalue weighted by molar-refractivity contribution is 0.637. The summed E-state index contributed by atoms with van der Waals surface area (Å²) in [6.45, 7) is 0.